The zero-order chi connectivity index (χ0) is 12.8. The number of aromatic nitrogens is 2. The summed E-state index contributed by atoms with van der Waals surface area (Å²) in [5.74, 6) is 0.693. The molecule has 2 heterocycles. The average Bonchev–Trinajstić information content (AvgIpc) is 3.04. The van der Waals surface area contributed by atoms with Gasteiger partial charge in [-0.3, -0.25) is 4.79 Å². The van der Waals surface area contributed by atoms with Crippen LogP contribution in [0.4, 0.5) is 5.13 Å². The van der Waals surface area contributed by atoms with E-state index in [0.29, 0.717) is 5.75 Å². The molecule has 18 heavy (non-hydrogen) atoms. The predicted molar refractivity (Wildman–Crippen MR) is 75.2 cm³/mol. The normalized spacial score (nSPS) is 15.1. The minimum absolute atomic E-state index is 0.218. The number of nitrogens with one attached hydrogen (secondary N) is 1. The van der Waals surface area contributed by atoms with Crippen molar-refractivity contribution in [2.24, 2.45) is 0 Å². The van der Waals surface area contributed by atoms with Crippen LogP contribution in [0.15, 0.2) is 4.34 Å². The van der Waals surface area contributed by atoms with E-state index in [1.54, 1.807) is 0 Å². The number of likely N-dealkylation sites (tertiary alicyclic amines) is 1. The first-order valence-electron chi connectivity index (χ1n) is 6.27. The van der Waals surface area contributed by atoms with Gasteiger partial charge in [-0.25, -0.2) is 0 Å². The molecule has 0 aliphatic carbocycles. The second-order valence-corrected chi connectivity index (χ2v) is 6.38. The van der Waals surface area contributed by atoms with E-state index < -0.39 is 0 Å². The van der Waals surface area contributed by atoms with Crippen LogP contribution in [-0.4, -0.2) is 46.4 Å². The first kappa shape index (κ1) is 13.6. The monoisotopic (exact) mass is 286 g/mol. The Hall–Kier alpha value is -0.820. The second kappa shape index (κ2) is 6.94. The van der Waals surface area contributed by atoms with Gasteiger partial charge in [0.1, 0.15) is 0 Å². The zero-order valence-corrected chi connectivity index (χ0v) is 12.1. The van der Waals surface area contributed by atoms with Crippen molar-refractivity contribution in [1.29, 1.82) is 0 Å². The van der Waals surface area contributed by atoms with Crippen molar-refractivity contribution < 1.29 is 4.79 Å². The lowest BCUT2D eigenvalue weighted by Gasteiger charge is -2.13. The molecular formula is C11H18N4OS2. The Morgan fingerprint density at radius 3 is 2.94 bits per heavy atom. The van der Waals surface area contributed by atoms with Crippen LogP contribution >= 0.6 is 23.1 Å². The molecule has 5 nitrogen and oxygen atoms in total. The van der Waals surface area contributed by atoms with E-state index in [1.165, 1.54) is 23.1 Å². The van der Waals surface area contributed by atoms with Gasteiger partial charge in [-0.05, 0) is 19.3 Å². The van der Waals surface area contributed by atoms with Crippen molar-refractivity contribution in [2.75, 3.05) is 30.7 Å². The highest BCUT2D eigenvalue weighted by atomic mass is 32.2. The summed E-state index contributed by atoms with van der Waals surface area (Å²) in [5, 5.41) is 12.1. The Morgan fingerprint density at radius 1 is 1.44 bits per heavy atom. The van der Waals surface area contributed by atoms with Crippen LogP contribution in [0.25, 0.3) is 0 Å². The van der Waals surface area contributed by atoms with Crippen molar-refractivity contribution >= 4 is 34.1 Å². The van der Waals surface area contributed by atoms with Gasteiger partial charge in [0.25, 0.3) is 0 Å². The highest BCUT2D eigenvalue weighted by molar-refractivity contribution is 8.01. The maximum absolute atomic E-state index is 11.8. The van der Waals surface area contributed by atoms with Crippen LogP contribution in [0.1, 0.15) is 26.2 Å². The minimum atomic E-state index is 0.218. The summed E-state index contributed by atoms with van der Waals surface area (Å²) in [5.41, 5.74) is 0. The molecule has 1 saturated heterocycles. The van der Waals surface area contributed by atoms with E-state index in [1.807, 2.05) is 4.90 Å². The molecule has 1 fully saturated rings. The summed E-state index contributed by atoms with van der Waals surface area (Å²) in [6.45, 7) is 4.85. The third kappa shape index (κ3) is 3.84. The molecule has 1 aliphatic rings. The van der Waals surface area contributed by atoms with E-state index in [9.17, 15) is 4.79 Å². The SMILES string of the molecule is CCCNc1nnc(SCC(=O)N2CCCC2)s1. The summed E-state index contributed by atoms with van der Waals surface area (Å²) < 4.78 is 0.862. The number of hydrogen-bond acceptors (Lipinski definition) is 6. The minimum Gasteiger partial charge on any atom is -0.360 e. The predicted octanol–water partition coefficient (Wildman–Crippen LogP) is 2.07. The fourth-order valence-electron chi connectivity index (χ4n) is 1.75. The van der Waals surface area contributed by atoms with Gasteiger partial charge >= 0.3 is 0 Å². The summed E-state index contributed by atoms with van der Waals surface area (Å²) in [6, 6.07) is 0. The Kier molecular flexibility index (Phi) is 5.25. The third-order valence-corrected chi connectivity index (χ3v) is 4.71. The number of thioether (sulfide) groups is 1. The van der Waals surface area contributed by atoms with Crippen LogP contribution in [0, 0.1) is 0 Å². The molecule has 0 saturated carbocycles. The van der Waals surface area contributed by atoms with Crippen molar-refractivity contribution in [2.45, 2.75) is 30.5 Å². The smallest absolute Gasteiger partial charge is 0.233 e. The van der Waals surface area contributed by atoms with Crippen molar-refractivity contribution in [3.05, 3.63) is 0 Å². The van der Waals surface area contributed by atoms with Crippen LogP contribution in [0.3, 0.4) is 0 Å². The van der Waals surface area contributed by atoms with E-state index in [-0.39, 0.29) is 5.91 Å². The molecule has 1 aromatic rings. The zero-order valence-electron chi connectivity index (χ0n) is 10.5. The lowest BCUT2D eigenvalue weighted by Crippen LogP contribution is -2.29. The number of carbonyl (C=O) groups excluding carboxylic acids is 1. The highest BCUT2D eigenvalue weighted by Gasteiger charge is 2.18. The lowest BCUT2D eigenvalue weighted by molar-refractivity contribution is -0.127. The fraction of sp³-hybridized carbons (Fsp3) is 0.727. The van der Waals surface area contributed by atoms with E-state index in [2.05, 4.69) is 22.4 Å². The maximum Gasteiger partial charge on any atom is 0.233 e. The van der Waals surface area contributed by atoms with Crippen molar-refractivity contribution in [3.63, 3.8) is 0 Å². The number of carbonyl (C=O) groups is 1. The molecule has 0 atom stereocenters. The van der Waals surface area contributed by atoms with E-state index in [0.717, 1.165) is 48.4 Å². The standard InChI is InChI=1S/C11H18N4OS2/c1-2-5-12-10-13-14-11(18-10)17-8-9(16)15-6-3-4-7-15/h2-8H2,1H3,(H,12,13). The Labute approximate surface area is 115 Å². The van der Waals surface area contributed by atoms with Crippen molar-refractivity contribution in [1.82, 2.24) is 15.1 Å². The first-order chi connectivity index (χ1) is 8.79. The van der Waals surface area contributed by atoms with Crippen LogP contribution < -0.4 is 5.32 Å². The number of hydrogen-bond donors (Lipinski definition) is 1. The molecule has 1 amide bonds. The van der Waals surface area contributed by atoms with Gasteiger partial charge in [-0.2, -0.15) is 0 Å². The van der Waals surface area contributed by atoms with Gasteiger partial charge in [-0.1, -0.05) is 30.0 Å². The molecule has 1 N–H and O–H groups in total. The molecule has 1 aromatic heterocycles. The number of amides is 1. The van der Waals surface area contributed by atoms with Gasteiger partial charge < -0.3 is 10.2 Å². The van der Waals surface area contributed by atoms with Gasteiger partial charge in [0.2, 0.25) is 11.0 Å². The molecule has 1 aliphatic heterocycles. The molecule has 0 aromatic carbocycles. The Morgan fingerprint density at radius 2 is 2.22 bits per heavy atom. The lowest BCUT2D eigenvalue weighted by atomic mass is 10.4. The topological polar surface area (TPSA) is 58.1 Å². The summed E-state index contributed by atoms with van der Waals surface area (Å²) in [4.78, 5) is 13.8. The summed E-state index contributed by atoms with van der Waals surface area (Å²) in [7, 11) is 0. The summed E-state index contributed by atoms with van der Waals surface area (Å²) in [6.07, 6.45) is 3.34. The van der Waals surface area contributed by atoms with Crippen LogP contribution in [0.2, 0.25) is 0 Å². The van der Waals surface area contributed by atoms with Crippen LogP contribution in [-0.2, 0) is 4.79 Å². The largest absolute Gasteiger partial charge is 0.360 e. The summed E-state index contributed by atoms with van der Waals surface area (Å²) >= 11 is 3.00. The molecule has 0 unspecified atom stereocenters. The van der Waals surface area contributed by atoms with Crippen molar-refractivity contribution in [3.8, 4) is 0 Å². The molecule has 100 valence electrons. The van der Waals surface area contributed by atoms with Gasteiger partial charge in [0.05, 0.1) is 5.75 Å². The Balaban J connectivity index is 1.75. The Bertz CT molecular complexity index is 390. The van der Waals surface area contributed by atoms with E-state index >= 15 is 0 Å². The van der Waals surface area contributed by atoms with Crippen LogP contribution in [0.5, 0.6) is 0 Å². The molecule has 2 rings (SSSR count). The molecule has 0 spiro atoms. The molecular weight excluding hydrogens is 268 g/mol. The third-order valence-electron chi connectivity index (χ3n) is 2.71. The van der Waals surface area contributed by atoms with Gasteiger partial charge in [0.15, 0.2) is 4.34 Å². The van der Waals surface area contributed by atoms with Gasteiger partial charge in [-0.15, -0.1) is 10.2 Å². The van der Waals surface area contributed by atoms with E-state index in [4.69, 9.17) is 0 Å². The average molecular weight is 286 g/mol. The quantitative estimate of drug-likeness (QED) is 0.811. The number of rotatable bonds is 6. The number of anilines is 1. The molecule has 0 bridgehead atoms. The van der Waals surface area contributed by atoms with Gasteiger partial charge in [0, 0.05) is 19.6 Å². The fourth-order valence-corrected chi connectivity index (χ4v) is 3.43. The maximum atomic E-state index is 11.8. The first-order valence-corrected chi connectivity index (χ1v) is 8.07. The molecule has 0 radical (unpaired) electrons. The highest BCUT2D eigenvalue weighted by Crippen LogP contribution is 2.25. The second-order valence-electron chi connectivity index (χ2n) is 4.18. The molecule has 7 heteroatoms. The number of nitrogens with zero attached hydrogens (tertiary/aromatic N) is 3.